The third-order valence-electron chi connectivity index (χ3n) is 3.68. The van der Waals surface area contributed by atoms with E-state index in [1.165, 1.54) is 44.1 Å². The van der Waals surface area contributed by atoms with E-state index in [0.717, 1.165) is 0 Å². The van der Waals surface area contributed by atoms with Crippen molar-refractivity contribution in [3.05, 3.63) is 35.9 Å². The smallest absolute Gasteiger partial charge is 0.0626 e. The van der Waals surface area contributed by atoms with E-state index in [0.29, 0.717) is 6.04 Å². The van der Waals surface area contributed by atoms with Crippen LogP contribution >= 0.6 is 0 Å². The van der Waals surface area contributed by atoms with Gasteiger partial charge in [0.1, 0.15) is 0 Å². The molecule has 0 heterocycles. The van der Waals surface area contributed by atoms with Gasteiger partial charge in [-0.25, -0.2) is 0 Å². The quantitative estimate of drug-likeness (QED) is 0.783. The maximum absolute atomic E-state index is 9.52. The van der Waals surface area contributed by atoms with Crippen molar-refractivity contribution >= 4 is 0 Å². The Morgan fingerprint density at radius 1 is 1.06 bits per heavy atom. The van der Waals surface area contributed by atoms with Gasteiger partial charge in [0.2, 0.25) is 0 Å². The number of hydrogen-bond donors (Lipinski definition) is 2. The van der Waals surface area contributed by atoms with Gasteiger partial charge in [0.05, 0.1) is 12.6 Å². The van der Waals surface area contributed by atoms with Crippen LogP contribution in [0.15, 0.2) is 30.3 Å². The lowest BCUT2D eigenvalue weighted by Crippen LogP contribution is -2.34. The zero-order chi connectivity index (χ0) is 11.9. The van der Waals surface area contributed by atoms with Crippen LogP contribution in [0.5, 0.6) is 0 Å². The highest BCUT2D eigenvalue weighted by Crippen LogP contribution is 2.21. The predicted octanol–water partition coefficient (Wildman–Crippen LogP) is 3.03. The second-order valence-electron chi connectivity index (χ2n) is 5.00. The molecule has 0 bridgehead atoms. The standard InChI is InChI=1S/C15H23NO/c17-12-15(13-8-4-3-5-9-13)16-14-10-6-1-2-7-11-14/h3-5,8-9,14-17H,1-2,6-7,10-12H2. The van der Waals surface area contributed by atoms with E-state index >= 15 is 0 Å². The highest BCUT2D eigenvalue weighted by molar-refractivity contribution is 5.19. The molecule has 1 atom stereocenters. The molecule has 0 aliphatic heterocycles. The van der Waals surface area contributed by atoms with Crippen molar-refractivity contribution < 1.29 is 5.11 Å². The zero-order valence-electron chi connectivity index (χ0n) is 10.4. The average Bonchev–Trinajstić information content (AvgIpc) is 2.65. The van der Waals surface area contributed by atoms with E-state index in [-0.39, 0.29) is 12.6 Å². The van der Waals surface area contributed by atoms with Gasteiger partial charge in [-0.2, -0.15) is 0 Å². The van der Waals surface area contributed by atoms with Crippen LogP contribution in [0.2, 0.25) is 0 Å². The van der Waals surface area contributed by atoms with Gasteiger partial charge in [0.25, 0.3) is 0 Å². The normalized spacial score (nSPS) is 19.8. The van der Waals surface area contributed by atoms with Crippen LogP contribution in [0.1, 0.15) is 50.1 Å². The van der Waals surface area contributed by atoms with Crippen molar-refractivity contribution in [2.75, 3.05) is 6.61 Å². The summed E-state index contributed by atoms with van der Waals surface area (Å²) in [7, 11) is 0. The van der Waals surface area contributed by atoms with Gasteiger partial charge >= 0.3 is 0 Å². The SMILES string of the molecule is OCC(NC1CCCCCC1)c1ccccc1. The molecule has 0 aromatic heterocycles. The fraction of sp³-hybridized carbons (Fsp3) is 0.600. The summed E-state index contributed by atoms with van der Waals surface area (Å²) in [5.41, 5.74) is 1.19. The van der Waals surface area contributed by atoms with Crippen LogP contribution in [0.25, 0.3) is 0 Å². The molecule has 2 nitrogen and oxygen atoms in total. The highest BCUT2D eigenvalue weighted by Gasteiger charge is 2.17. The first-order valence-electron chi connectivity index (χ1n) is 6.82. The molecule has 0 amide bonds. The number of aliphatic hydroxyl groups is 1. The molecular weight excluding hydrogens is 210 g/mol. The van der Waals surface area contributed by atoms with E-state index in [4.69, 9.17) is 0 Å². The zero-order valence-corrected chi connectivity index (χ0v) is 10.4. The third-order valence-corrected chi connectivity index (χ3v) is 3.68. The Hall–Kier alpha value is -0.860. The molecule has 1 aromatic rings. The van der Waals surface area contributed by atoms with Gasteiger partial charge in [-0.1, -0.05) is 56.0 Å². The number of benzene rings is 1. The average molecular weight is 233 g/mol. The van der Waals surface area contributed by atoms with Gasteiger partial charge in [0.15, 0.2) is 0 Å². The summed E-state index contributed by atoms with van der Waals surface area (Å²) in [6, 6.07) is 10.9. The van der Waals surface area contributed by atoms with Gasteiger partial charge < -0.3 is 10.4 Å². The summed E-state index contributed by atoms with van der Waals surface area (Å²) < 4.78 is 0. The van der Waals surface area contributed by atoms with E-state index in [2.05, 4.69) is 17.4 Å². The minimum Gasteiger partial charge on any atom is -0.394 e. The Bertz CT molecular complexity index is 304. The molecule has 1 aliphatic rings. The maximum atomic E-state index is 9.52. The molecule has 2 heteroatoms. The maximum Gasteiger partial charge on any atom is 0.0626 e. The van der Waals surface area contributed by atoms with Crippen LogP contribution in [0.3, 0.4) is 0 Å². The van der Waals surface area contributed by atoms with Crippen LogP contribution in [-0.2, 0) is 0 Å². The summed E-state index contributed by atoms with van der Waals surface area (Å²) in [6.07, 6.45) is 7.89. The number of nitrogens with one attached hydrogen (secondary N) is 1. The molecular formula is C15H23NO. The molecule has 0 radical (unpaired) electrons. The third kappa shape index (κ3) is 3.83. The Labute approximate surface area is 104 Å². The first-order valence-corrected chi connectivity index (χ1v) is 6.82. The number of aliphatic hydroxyl groups excluding tert-OH is 1. The molecule has 1 aromatic carbocycles. The molecule has 17 heavy (non-hydrogen) atoms. The molecule has 1 unspecified atom stereocenters. The fourth-order valence-electron chi connectivity index (χ4n) is 2.67. The Balaban J connectivity index is 1.94. The molecule has 0 saturated heterocycles. The van der Waals surface area contributed by atoms with Crippen LogP contribution < -0.4 is 5.32 Å². The first-order chi connectivity index (χ1) is 8.40. The van der Waals surface area contributed by atoms with Gasteiger partial charge in [0, 0.05) is 6.04 Å². The summed E-state index contributed by atoms with van der Waals surface area (Å²) in [5, 5.41) is 13.1. The largest absolute Gasteiger partial charge is 0.394 e. The lowest BCUT2D eigenvalue weighted by molar-refractivity contribution is 0.228. The van der Waals surface area contributed by atoms with Crippen LogP contribution in [-0.4, -0.2) is 17.8 Å². The van der Waals surface area contributed by atoms with Crippen molar-refractivity contribution in [2.45, 2.75) is 50.6 Å². The Morgan fingerprint density at radius 2 is 1.71 bits per heavy atom. The lowest BCUT2D eigenvalue weighted by atomic mass is 10.0. The summed E-state index contributed by atoms with van der Waals surface area (Å²) in [6.45, 7) is 0.181. The van der Waals surface area contributed by atoms with Crippen molar-refractivity contribution in [1.29, 1.82) is 0 Å². The van der Waals surface area contributed by atoms with Crippen LogP contribution in [0.4, 0.5) is 0 Å². The highest BCUT2D eigenvalue weighted by atomic mass is 16.3. The summed E-state index contributed by atoms with van der Waals surface area (Å²) in [5.74, 6) is 0. The second kappa shape index (κ2) is 6.77. The van der Waals surface area contributed by atoms with E-state index < -0.39 is 0 Å². The molecule has 0 spiro atoms. The summed E-state index contributed by atoms with van der Waals surface area (Å²) in [4.78, 5) is 0. The molecule has 1 saturated carbocycles. The van der Waals surface area contributed by atoms with Crippen molar-refractivity contribution in [2.24, 2.45) is 0 Å². The second-order valence-corrected chi connectivity index (χ2v) is 5.00. The van der Waals surface area contributed by atoms with Crippen molar-refractivity contribution in [3.63, 3.8) is 0 Å². The lowest BCUT2D eigenvalue weighted by Gasteiger charge is -2.23. The Kier molecular flexibility index (Phi) is 5.02. The predicted molar refractivity (Wildman–Crippen MR) is 70.9 cm³/mol. The first kappa shape index (κ1) is 12.6. The van der Waals surface area contributed by atoms with Gasteiger partial charge in [-0.3, -0.25) is 0 Å². The van der Waals surface area contributed by atoms with E-state index in [1.807, 2.05) is 18.2 Å². The topological polar surface area (TPSA) is 32.3 Å². The van der Waals surface area contributed by atoms with E-state index in [1.54, 1.807) is 0 Å². The van der Waals surface area contributed by atoms with Gasteiger partial charge in [-0.15, -0.1) is 0 Å². The van der Waals surface area contributed by atoms with Crippen molar-refractivity contribution in [1.82, 2.24) is 5.32 Å². The molecule has 2 rings (SSSR count). The minimum absolute atomic E-state index is 0.0966. The molecule has 94 valence electrons. The molecule has 1 fully saturated rings. The monoisotopic (exact) mass is 233 g/mol. The van der Waals surface area contributed by atoms with Crippen molar-refractivity contribution in [3.8, 4) is 0 Å². The molecule has 2 N–H and O–H groups in total. The minimum atomic E-state index is 0.0966. The number of rotatable bonds is 4. The Morgan fingerprint density at radius 3 is 2.29 bits per heavy atom. The van der Waals surface area contributed by atoms with Crippen LogP contribution in [0, 0.1) is 0 Å². The number of hydrogen-bond acceptors (Lipinski definition) is 2. The molecule has 1 aliphatic carbocycles. The van der Waals surface area contributed by atoms with Gasteiger partial charge in [-0.05, 0) is 18.4 Å². The fourth-order valence-corrected chi connectivity index (χ4v) is 2.67. The summed E-state index contributed by atoms with van der Waals surface area (Å²) >= 11 is 0. The van der Waals surface area contributed by atoms with E-state index in [9.17, 15) is 5.11 Å².